The first-order chi connectivity index (χ1) is 10.3. The fraction of sp³-hybridized carbons (Fsp3) is 0.294. The van der Waals surface area contributed by atoms with Crippen molar-refractivity contribution in [1.82, 2.24) is 9.88 Å². The number of likely N-dealkylation sites (tertiary alicyclic amines) is 1. The van der Waals surface area contributed by atoms with Crippen molar-refractivity contribution in [1.29, 1.82) is 0 Å². The smallest absolute Gasteiger partial charge is 0.256 e. The molecule has 0 unspecified atom stereocenters. The van der Waals surface area contributed by atoms with Crippen LogP contribution in [-0.4, -0.2) is 28.9 Å². The third kappa shape index (κ3) is 3.16. The average molecular weight is 345 g/mol. The third-order valence-corrected chi connectivity index (χ3v) is 4.67. The van der Waals surface area contributed by atoms with E-state index >= 15 is 0 Å². The first-order valence-corrected chi connectivity index (χ1v) is 8.00. The Labute approximate surface area is 133 Å². The SMILES string of the molecule is O=C(c1cccnc1Br)N1CCC(c2ccccc2)CC1. The zero-order valence-corrected chi connectivity index (χ0v) is 13.3. The van der Waals surface area contributed by atoms with Gasteiger partial charge in [-0.3, -0.25) is 4.79 Å². The predicted octanol–water partition coefficient (Wildman–Crippen LogP) is 3.86. The minimum atomic E-state index is 0.0708. The van der Waals surface area contributed by atoms with Crippen molar-refractivity contribution < 1.29 is 4.79 Å². The molecule has 0 saturated carbocycles. The largest absolute Gasteiger partial charge is 0.339 e. The second kappa shape index (κ2) is 6.39. The summed E-state index contributed by atoms with van der Waals surface area (Å²) in [6.07, 6.45) is 3.73. The summed E-state index contributed by atoms with van der Waals surface area (Å²) < 4.78 is 0.625. The molecule has 4 heteroatoms. The molecular formula is C17H17BrN2O. The fourth-order valence-corrected chi connectivity index (χ4v) is 3.28. The summed E-state index contributed by atoms with van der Waals surface area (Å²) in [5, 5.41) is 0. The van der Waals surface area contributed by atoms with E-state index < -0.39 is 0 Å². The van der Waals surface area contributed by atoms with E-state index in [2.05, 4.69) is 45.2 Å². The lowest BCUT2D eigenvalue weighted by molar-refractivity contribution is 0.0711. The maximum atomic E-state index is 12.5. The maximum Gasteiger partial charge on any atom is 0.256 e. The Morgan fingerprint density at radius 1 is 1.10 bits per heavy atom. The number of carbonyl (C=O) groups excluding carboxylic acids is 1. The van der Waals surface area contributed by atoms with Crippen LogP contribution in [0.1, 0.15) is 34.7 Å². The summed E-state index contributed by atoms with van der Waals surface area (Å²) in [4.78, 5) is 18.6. The molecule has 0 N–H and O–H groups in total. The number of benzene rings is 1. The summed E-state index contributed by atoms with van der Waals surface area (Å²) in [5.41, 5.74) is 2.03. The van der Waals surface area contributed by atoms with Gasteiger partial charge in [-0.05, 0) is 52.4 Å². The van der Waals surface area contributed by atoms with Gasteiger partial charge in [0.1, 0.15) is 4.60 Å². The summed E-state index contributed by atoms with van der Waals surface area (Å²) in [6, 6.07) is 14.2. The van der Waals surface area contributed by atoms with E-state index in [1.807, 2.05) is 17.0 Å². The van der Waals surface area contributed by atoms with E-state index in [9.17, 15) is 4.79 Å². The average Bonchev–Trinajstić information content (AvgIpc) is 2.56. The zero-order valence-electron chi connectivity index (χ0n) is 11.7. The first kappa shape index (κ1) is 14.3. The van der Waals surface area contributed by atoms with Crippen molar-refractivity contribution in [2.24, 2.45) is 0 Å². The molecule has 1 amide bonds. The molecule has 0 aliphatic carbocycles. The summed E-state index contributed by atoms with van der Waals surface area (Å²) in [5.74, 6) is 0.633. The molecule has 0 atom stereocenters. The van der Waals surface area contributed by atoms with E-state index in [0.29, 0.717) is 16.1 Å². The van der Waals surface area contributed by atoms with Crippen molar-refractivity contribution in [3.63, 3.8) is 0 Å². The minimum Gasteiger partial charge on any atom is -0.339 e. The van der Waals surface area contributed by atoms with Crippen LogP contribution in [0.25, 0.3) is 0 Å². The number of amides is 1. The van der Waals surface area contributed by atoms with Crippen LogP contribution in [0.3, 0.4) is 0 Å². The minimum absolute atomic E-state index is 0.0708. The van der Waals surface area contributed by atoms with Gasteiger partial charge in [0.15, 0.2) is 0 Å². The van der Waals surface area contributed by atoms with Gasteiger partial charge in [-0.2, -0.15) is 0 Å². The lowest BCUT2D eigenvalue weighted by Gasteiger charge is -2.32. The second-order valence-electron chi connectivity index (χ2n) is 5.32. The molecule has 1 aromatic carbocycles. The lowest BCUT2D eigenvalue weighted by atomic mass is 9.89. The van der Waals surface area contributed by atoms with Crippen LogP contribution in [0.15, 0.2) is 53.3 Å². The molecule has 3 rings (SSSR count). The quantitative estimate of drug-likeness (QED) is 0.775. The molecule has 3 nitrogen and oxygen atoms in total. The van der Waals surface area contributed by atoms with E-state index in [4.69, 9.17) is 0 Å². The topological polar surface area (TPSA) is 33.2 Å². The molecule has 2 heterocycles. The van der Waals surface area contributed by atoms with Gasteiger partial charge in [0.05, 0.1) is 5.56 Å². The Bertz CT molecular complexity index is 622. The number of piperidine rings is 1. The molecule has 1 aliphatic heterocycles. The molecule has 0 radical (unpaired) electrons. The third-order valence-electron chi connectivity index (χ3n) is 4.04. The van der Waals surface area contributed by atoms with Crippen molar-refractivity contribution in [3.8, 4) is 0 Å². The Hall–Kier alpha value is -1.68. The Morgan fingerprint density at radius 3 is 2.48 bits per heavy atom. The Balaban J connectivity index is 1.66. The summed E-state index contributed by atoms with van der Waals surface area (Å²) in [6.45, 7) is 1.61. The van der Waals surface area contributed by atoms with Crippen LogP contribution in [-0.2, 0) is 0 Å². The zero-order chi connectivity index (χ0) is 14.7. The Kier molecular flexibility index (Phi) is 4.34. The highest BCUT2D eigenvalue weighted by Gasteiger charge is 2.25. The van der Waals surface area contributed by atoms with Gasteiger partial charge in [0.25, 0.3) is 5.91 Å². The number of nitrogens with zero attached hydrogens (tertiary/aromatic N) is 2. The van der Waals surface area contributed by atoms with Gasteiger partial charge in [-0.15, -0.1) is 0 Å². The second-order valence-corrected chi connectivity index (χ2v) is 6.07. The highest BCUT2D eigenvalue weighted by atomic mass is 79.9. The molecule has 21 heavy (non-hydrogen) atoms. The van der Waals surface area contributed by atoms with Crippen LogP contribution in [0, 0.1) is 0 Å². The van der Waals surface area contributed by atoms with Crippen molar-refractivity contribution in [3.05, 3.63) is 64.4 Å². The fourth-order valence-electron chi connectivity index (χ4n) is 2.86. The number of halogens is 1. The highest BCUT2D eigenvalue weighted by molar-refractivity contribution is 9.10. The number of hydrogen-bond acceptors (Lipinski definition) is 2. The number of aromatic nitrogens is 1. The normalized spacial score (nSPS) is 16.0. The van der Waals surface area contributed by atoms with Crippen LogP contribution >= 0.6 is 15.9 Å². The monoisotopic (exact) mass is 344 g/mol. The molecule has 1 fully saturated rings. The lowest BCUT2D eigenvalue weighted by Crippen LogP contribution is -2.38. The first-order valence-electron chi connectivity index (χ1n) is 7.20. The summed E-state index contributed by atoms with van der Waals surface area (Å²) >= 11 is 3.35. The van der Waals surface area contributed by atoms with E-state index in [-0.39, 0.29) is 5.91 Å². The van der Waals surface area contributed by atoms with Crippen LogP contribution in [0.2, 0.25) is 0 Å². The van der Waals surface area contributed by atoms with E-state index in [1.54, 1.807) is 12.3 Å². The van der Waals surface area contributed by atoms with Gasteiger partial charge in [-0.25, -0.2) is 4.98 Å². The molecule has 0 spiro atoms. The number of carbonyl (C=O) groups is 1. The summed E-state index contributed by atoms with van der Waals surface area (Å²) in [7, 11) is 0. The molecule has 0 bridgehead atoms. The van der Waals surface area contributed by atoms with Crippen molar-refractivity contribution >= 4 is 21.8 Å². The van der Waals surface area contributed by atoms with Crippen LogP contribution in [0.4, 0.5) is 0 Å². The molecule has 2 aromatic rings. The maximum absolute atomic E-state index is 12.5. The molecule has 1 aliphatic rings. The number of rotatable bonds is 2. The van der Waals surface area contributed by atoms with Crippen molar-refractivity contribution in [2.45, 2.75) is 18.8 Å². The molecule has 108 valence electrons. The van der Waals surface area contributed by atoms with Gasteiger partial charge in [0.2, 0.25) is 0 Å². The van der Waals surface area contributed by atoms with Gasteiger partial charge >= 0.3 is 0 Å². The van der Waals surface area contributed by atoms with Gasteiger partial charge in [0, 0.05) is 19.3 Å². The van der Waals surface area contributed by atoms with Crippen LogP contribution in [0.5, 0.6) is 0 Å². The standard InChI is InChI=1S/C17H17BrN2O/c18-16-15(7-4-10-19-16)17(21)20-11-8-14(9-12-20)13-5-2-1-3-6-13/h1-7,10,14H,8-9,11-12H2. The number of hydrogen-bond donors (Lipinski definition) is 0. The molecular weight excluding hydrogens is 328 g/mol. The highest BCUT2D eigenvalue weighted by Crippen LogP contribution is 2.28. The van der Waals surface area contributed by atoms with Gasteiger partial charge < -0.3 is 4.90 Å². The molecule has 1 aromatic heterocycles. The van der Waals surface area contributed by atoms with E-state index in [0.717, 1.165) is 25.9 Å². The van der Waals surface area contributed by atoms with Crippen molar-refractivity contribution in [2.75, 3.05) is 13.1 Å². The van der Waals surface area contributed by atoms with Crippen LogP contribution < -0.4 is 0 Å². The van der Waals surface area contributed by atoms with E-state index in [1.165, 1.54) is 5.56 Å². The Morgan fingerprint density at radius 2 is 1.81 bits per heavy atom. The molecule has 1 saturated heterocycles. The van der Waals surface area contributed by atoms with Gasteiger partial charge in [-0.1, -0.05) is 30.3 Å². The predicted molar refractivity (Wildman–Crippen MR) is 86.3 cm³/mol. The number of pyridine rings is 1.